The molecular formula is C15H12F3N3O3S2. The van der Waals surface area contributed by atoms with Gasteiger partial charge < -0.3 is 16.5 Å². The number of aromatic amines is 1. The van der Waals surface area contributed by atoms with E-state index in [1.165, 1.54) is 12.1 Å². The molecule has 0 saturated heterocycles. The number of nitrogens with one attached hydrogen (secondary N) is 1. The zero-order valence-corrected chi connectivity index (χ0v) is 14.5. The minimum atomic E-state index is -4.51. The maximum Gasteiger partial charge on any atom is 0.416 e. The summed E-state index contributed by atoms with van der Waals surface area (Å²) in [5.74, 6) is -3.55. The Kier molecular flexibility index (Phi) is 4.61. The van der Waals surface area contributed by atoms with Crippen molar-refractivity contribution in [3.05, 3.63) is 49.9 Å². The second-order valence-electron chi connectivity index (χ2n) is 5.67. The van der Waals surface area contributed by atoms with Gasteiger partial charge in [0.15, 0.2) is 0 Å². The molecule has 0 unspecified atom stereocenters. The van der Waals surface area contributed by atoms with Gasteiger partial charge in [0, 0.05) is 10.8 Å². The van der Waals surface area contributed by atoms with Crippen LogP contribution in [0.15, 0.2) is 34.1 Å². The Labute approximate surface area is 152 Å². The van der Waals surface area contributed by atoms with E-state index in [2.05, 4.69) is 4.98 Å². The van der Waals surface area contributed by atoms with E-state index in [1.54, 1.807) is 0 Å². The van der Waals surface area contributed by atoms with E-state index >= 15 is 0 Å². The number of halogens is 3. The molecule has 26 heavy (non-hydrogen) atoms. The maximum atomic E-state index is 12.8. The highest BCUT2D eigenvalue weighted by atomic mass is 32.2. The van der Waals surface area contributed by atoms with Crippen molar-refractivity contribution in [3.8, 4) is 0 Å². The normalized spacial score (nSPS) is 22.7. The summed E-state index contributed by atoms with van der Waals surface area (Å²) in [4.78, 5) is 38.2. The fourth-order valence-corrected chi connectivity index (χ4v) is 5.39. The van der Waals surface area contributed by atoms with Crippen LogP contribution in [0, 0.1) is 5.92 Å². The van der Waals surface area contributed by atoms with Crippen molar-refractivity contribution in [2.24, 2.45) is 17.4 Å². The summed E-state index contributed by atoms with van der Waals surface area (Å²) in [5.41, 5.74) is 10.3. The van der Waals surface area contributed by atoms with Gasteiger partial charge in [0.05, 0.1) is 16.5 Å². The molecule has 0 spiro atoms. The lowest BCUT2D eigenvalue weighted by Crippen LogP contribution is -2.45. The molecule has 2 aromatic rings. The van der Waals surface area contributed by atoms with Gasteiger partial charge in [0.2, 0.25) is 11.8 Å². The van der Waals surface area contributed by atoms with Crippen LogP contribution in [-0.4, -0.2) is 22.0 Å². The summed E-state index contributed by atoms with van der Waals surface area (Å²) in [7, 11) is 0. The minimum absolute atomic E-state index is 0.338. The number of carbonyl (C=O) groups is 2. The Morgan fingerprint density at radius 3 is 2.19 bits per heavy atom. The average molecular weight is 403 g/mol. The molecule has 0 bridgehead atoms. The molecule has 5 N–H and O–H groups in total. The highest BCUT2D eigenvalue weighted by Gasteiger charge is 2.46. The molecule has 0 fully saturated rings. The van der Waals surface area contributed by atoms with Gasteiger partial charge in [-0.15, -0.1) is 0 Å². The van der Waals surface area contributed by atoms with Crippen molar-refractivity contribution >= 4 is 34.9 Å². The maximum absolute atomic E-state index is 12.8. The summed E-state index contributed by atoms with van der Waals surface area (Å²) in [6, 6.07) is 4.18. The minimum Gasteiger partial charge on any atom is -0.369 e. The first kappa shape index (κ1) is 18.5. The van der Waals surface area contributed by atoms with Crippen molar-refractivity contribution in [2.45, 2.75) is 22.4 Å². The van der Waals surface area contributed by atoms with Crippen LogP contribution >= 0.6 is 23.1 Å². The Hall–Kier alpha value is -2.27. The van der Waals surface area contributed by atoms with Crippen molar-refractivity contribution in [2.75, 3.05) is 0 Å². The van der Waals surface area contributed by atoms with Crippen molar-refractivity contribution < 1.29 is 22.8 Å². The third-order valence-electron chi connectivity index (χ3n) is 4.06. The monoisotopic (exact) mass is 403 g/mol. The van der Waals surface area contributed by atoms with Gasteiger partial charge in [-0.25, -0.2) is 0 Å². The summed E-state index contributed by atoms with van der Waals surface area (Å²) in [6.45, 7) is 0. The van der Waals surface area contributed by atoms with Gasteiger partial charge in [0.25, 0.3) is 0 Å². The molecule has 138 valence electrons. The highest BCUT2D eigenvalue weighted by Crippen LogP contribution is 2.49. The third kappa shape index (κ3) is 3.23. The number of benzene rings is 1. The third-order valence-corrected chi connectivity index (χ3v) is 6.49. The number of carbonyl (C=O) groups excluding carboxylic acids is 2. The molecule has 0 saturated carbocycles. The molecule has 3 rings (SSSR count). The molecule has 1 aromatic heterocycles. The number of nitrogens with two attached hydrogens (primary N) is 2. The quantitative estimate of drug-likeness (QED) is 0.722. The number of fused-ring (bicyclic) bond motifs is 1. The number of alkyl halides is 3. The number of amides is 2. The standard InChI is InChI=1S/C15H12F3N3O3S2/c16-15(17,18)6-3-1-5(2-4-6)7-8(11(19)22)9(12(20)23)25-13-10(7)26-14(24)21-13/h1-4,7-9H,(H2,19,22)(H2,20,23)(H,21,24)/t7-,8+,9+/m0/s1. The fourth-order valence-electron chi connectivity index (χ4n) is 2.94. The summed E-state index contributed by atoms with van der Waals surface area (Å²) < 4.78 is 38.4. The Morgan fingerprint density at radius 1 is 1.08 bits per heavy atom. The predicted octanol–water partition coefficient (Wildman–Crippen LogP) is 1.65. The topological polar surface area (TPSA) is 119 Å². The van der Waals surface area contributed by atoms with Crippen LogP contribution in [0.3, 0.4) is 0 Å². The van der Waals surface area contributed by atoms with E-state index in [-0.39, 0.29) is 0 Å². The van der Waals surface area contributed by atoms with Gasteiger partial charge in [-0.2, -0.15) is 13.2 Å². The lowest BCUT2D eigenvalue weighted by Gasteiger charge is -2.33. The van der Waals surface area contributed by atoms with E-state index in [9.17, 15) is 27.6 Å². The van der Waals surface area contributed by atoms with Gasteiger partial charge in [-0.3, -0.25) is 14.4 Å². The molecule has 1 aliphatic heterocycles. The molecule has 0 radical (unpaired) electrons. The summed E-state index contributed by atoms with van der Waals surface area (Å²) in [5, 5.41) is -0.677. The van der Waals surface area contributed by atoms with Gasteiger partial charge >= 0.3 is 11.0 Å². The smallest absolute Gasteiger partial charge is 0.369 e. The van der Waals surface area contributed by atoms with Crippen molar-refractivity contribution in [1.82, 2.24) is 4.98 Å². The van der Waals surface area contributed by atoms with Crippen LogP contribution < -0.4 is 16.3 Å². The van der Waals surface area contributed by atoms with Crippen molar-refractivity contribution in [3.63, 3.8) is 0 Å². The fraction of sp³-hybridized carbons (Fsp3) is 0.267. The number of hydrogen-bond donors (Lipinski definition) is 3. The highest BCUT2D eigenvalue weighted by molar-refractivity contribution is 8.00. The van der Waals surface area contributed by atoms with E-state index in [4.69, 9.17) is 11.5 Å². The number of primary amides is 2. The molecule has 3 atom stereocenters. The SMILES string of the molecule is NC(=O)[C@@H]1[C@H](c2ccc(C(F)(F)F)cc2)c2sc(=O)[nH]c2S[C@H]1C(N)=O. The largest absolute Gasteiger partial charge is 0.416 e. The zero-order chi connectivity index (χ0) is 19.2. The Bertz CT molecular complexity index is 921. The second kappa shape index (κ2) is 6.47. The van der Waals surface area contributed by atoms with Gasteiger partial charge in [0.1, 0.15) is 5.25 Å². The van der Waals surface area contributed by atoms with E-state index in [0.717, 1.165) is 35.2 Å². The molecule has 6 nitrogen and oxygen atoms in total. The Morgan fingerprint density at radius 2 is 1.69 bits per heavy atom. The lowest BCUT2D eigenvalue weighted by atomic mass is 9.81. The lowest BCUT2D eigenvalue weighted by molar-refractivity contribution is -0.137. The molecule has 0 aliphatic carbocycles. The van der Waals surface area contributed by atoms with Crippen LogP contribution in [-0.2, 0) is 15.8 Å². The average Bonchev–Trinajstić information content (AvgIpc) is 2.92. The number of rotatable bonds is 3. The first-order chi connectivity index (χ1) is 12.1. The van der Waals surface area contributed by atoms with Crippen molar-refractivity contribution in [1.29, 1.82) is 0 Å². The number of hydrogen-bond acceptors (Lipinski definition) is 5. The van der Waals surface area contributed by atoms with Gasteiger partial charge in [-0.1, -0.05) is 35.2 Å². The summed E-state index contributed by atoms with van der Waals surface area (Å²) >= 11 is 1.75. The molecule has 11 heteroatoms. The number of H-pyrrole nitrogens is 1. The first-order valence-corrected chi connectivity index (χ1v) is 8.94. The van der Waals surface area contributed by atoms with Crippen LogP contribution in [0.5, 0.6) is 0 Å². The molecule has 2 amide bonds. The molecule has 1 aliphatic rings. The second-order valence-corrected chi connectivity index (χ2v) is 7.84. The summed E-state index contributed by atoms with van der Waals surface area (Å²) in [6.07, 6.45) is -4.51. The molecule has 1 aromatic carbocycles. The zero-order valence-electron chi connectivity index (χ0n) is 12.9. The van der Waals surface area contributed by atoms with E-state index < -0.39 is 45.5 Å². The predicted molar refractivity (Wildman–Crippen MR) is 89.8 cm³/mol. The Balaban J connectivity index is 2.16. The van der Waals surface area contributed by atoms with Crippen LogP contribution in [0.4, 0.5) is 13.2 Å². The van der Waals surface area contributed by atoms with Crippen LogP contribution in [0.2, 0.25) is 0 Å². The van der Waals surface area contributed by atoms with Crippen LogP contribution in [0.1, 0.15) is 21.9 Å². The first-order valence-electron chi connectivity index (χ1n) is 7.25. The number of thioether (sulfide) groups is 1. The molecular weight excluding hydrogens is 391 g/mol. The van der Waals surface area contributed by atoms with E-state index in [1.807, 2.05) is 0 Å². The van der Waals surface area contributed by atoms with E-state index in [0.29, 0.717) is 15.5 Å². The number of thiazole rings is 1. The number of aromatic nitrogens is 1. The van der Waals surface area contributed by atoms with Crippen LogP contribution in [0.25, 0.3) is 0 Å². The molecule has 2 heterocycles. The van der Waals surface area contributed by atoms with Gasteiger partial charge in [-0.05, 0) is 17.7 Å².